The highest BCUT2D eigenvalue weighted by Gasteiger charge is 2.32. The topological polar surface area (TPSA) is 71.7 Å². The highest BCUT2D eigenvalue weighted by molar-refractivity contribution is 6.00. The van der Waals surface area contributed by atoms with Gasteiger partial charge in [0.05, 0.1) is 12.1 Å². The molecular formula is C23H21F4NO4. The van der Waals surface area contributed by atoms with Crippen molar-refractivity contribution in [2.75, 3.05) is 6.61 Å². The number of benzene rings is 2. The number of para-hydroxylation sites is 2. The van der Waals surface area contributed by atoms with E-state index in [1.165, 1.54) is 12.1 Å². The molecule has 5 nitrogen and oxygen atoms in total. The molecule has 4 rings (SSSR count). The van der Waals surface area contributed by atoms with Crippen LogP contribution in [0.1, 0.15) is 29.8 Å². The second-order valence-corrected chi connectivity index (χ2v) is 7.80. The third kappa shape index (κ3) is 4.88. The van der Waals surface area contributed by atoms with Gasteiger partial charge in [-0.2, -0.15) is 13.2 Å². The van der Waals surface area contributed by atoms with Crippen LogP contribution in [0.15, 0.2) is 52.9 Å². The van der Waals surface area contributed by atoms with Crippen molar-refractivity contribution in [3.8, 4) is 16.9 Å². The highest BCUT2D eigenvalue weighted by Crippen LogP contribution is 2.37. The Hall–Kier alpha value is -3.07. The maximum Gasteiger partial charge on any atom is 0.422 e. The summed E-state index contributed by atoms with van der Waals surface area (Å²) in [6.45, 7) is -1.44. The molecule has 3 unspecified atom stereocenters. The first-order chi connectivity index (χ1) is 15.2. The molecule has 32 heavy (non-hydrogen) atoms. The minimum Gasteiger partial charge on any atom is -0.483 e. The third-order valence-electron chi connectivity index (χ3n) is 5.40. The first-order valence-corrected chi connectivity index (χ1v) is 10.2. The van der Waals surface area contributed by atoms with E-state index in [1.54, 1.807) is 36.4 Å². The van der Waals surface area contributed by atoms with Crippen LogP contribution in [-0.2, 0) is 0 Å². The van der Waals surface area contributed by atoms with E-state index in [-0.39, 0.29) is 17.9 Å². The summed E-state index contributed by atoms with van der Waals surface area (Å²) in [6.07, 6.45) is -5.90. The number of carbonyl (C=O) groups excluding carboxylic acids is 1. The number of nitrogens with one attached hydrogen (secondary N) is 1. The lowest BCUT2D eigenvalue weighted by Crippen LogP contribution is -2.45. The fraction of sp³-hybridized carbons (Fsp3) is 0.348. The van der Waals surface area contributed by atoms with Crippen molar-refractivity contribution in [3.05, 3.63) is 54.3 Å². The number of carbonyl (C=O) groups is 1. The van der Waals surface area contributed by atoms with Crippen molar-refractivity contribution < 1.29 is 36.6 Å². The molecule has 0 bridgehead atoms. The normalized spacial score (nSPS) is 21.5. The van der Waals surface area contributed by atoms with Crippen LogP contribution in [0.3, 0.4) is 0 Å². The van der Waals surface area contributed by atoms with E-state index >= 15 is 0 Å². The third-order valence-corrected chi connectivity index (χ3v) is 5.40. The zero-order chi connectivity index (χ0) is 22.9. The summed E-state index contributed by atoms with van der Waals surface area (Å²) in [4.78, 5) is 12.7. The van der Waals surface area contributed by atoms with Crippen molar-refractivity contribution >= 4 is 16.9 Å². The highest BCUT2D eigenvalue weighted by atomic mass is 19.4. The van der Waals surface area contributed by atoms with Crippen molar-refractivity contribution in [2.24, 2.45) is 0 Å². The molecule has 1 aliphatic rings. The van der Waals surface area contributed by atoms with E-state index < -0.39 is 37.0 Å². The van der Waals surface area contributed by atoms with Crippen LogP contribution in [0.5, 0.6) is 5.75 Å². The summed E-state index contributed by atoms with van der Waals surface area (Å²) >= 11 is 0. The van der Waals surface area contributed by atoms with Crippen LogP contribution in [0.25, 0.3) is 22.1 Å². The van der Waals surface area contributed by atoms with E-state index in [0.29, 0.717) is 34.9 Å². The van der Waals surface area contributed by atoms with Crippen molar-refractivity contribution in [2.45, 2.75) is 43.8 Å². The van der Waals surface area contributed by atoms with E-state index in [1.807, 2.05) is 0 Å². The number of amides is 1. The van der Waals surface area contributed by atoms with Gasteiger partial charge in [-0.3, -0.25) is 4.79 Å². The maximum atomic E-state index is 14.2. The zero-order valence-electron chi connectivity index (χ0n) is 16.9. The van der Waals surface area contributed by atoms with E-state index in [0.717, 1.165) is 0 Å². The molecule has 2 N–H and O–H groups in total. The number of aliphatic hydroxyl groups is 1. The van der Waals surface area contributed by atoms with Gasteiger partial charge in [0.15, 0.2) is 12.4 Å². The molecule has 1 aromatic heterocycles. The number of halogens is 4. The Bertz CT molecular complexity index is 1110. The summed E-state index contributed by atoms with van der Waals surface area (Å²) in [5.41, 5.74) is 1.15. The molecule has 9 heteroatoms. The van der Waals surface area contributed by atoms with E-state index in [2.05, 4.69) is 5.32 Å². The Morgan fingerprint density at radius 1 is 1.12 bits per heavy atom. The van der Waals surface area contributed by atoms with Crippen molar-refractivity contribution in [3.63, 3.8) is 0 Å². The van der Waals surface area contributed by atoms with Gasteiger partial charge in [0.2, 0.25) is 0 Å². The Morgan fingerprint density at radius 2 is 1.88 bits per heavy atom. The van der Waals surface area contributed by atoms with Gasteiger partial charge in [0.1, 0.15) is 17.5 Å². The molecule has 1 aliphatic carbocycles. The molecule has 170 valence electrons. The minimum absolute atomic E-state index is 0.0285. The molecule has 1 saturated carbocycles. The lowest BCUT2D eigenvalue weighted by molar-refractivity contribution is -0.153. The summed E-state index contributed by atoms with van der Waals surface area (Å²) < 4.78 is 62.8. The van der Waals surface area contributed by atoms with Gasteiger partial charge in [-0.15, -0.1) is 0 Å². The van der Waals surface area contributed by atoms with Gasteiger partial charge in [0.25, 0.3) is 5.91 Å². The van der Waals surface area contributed by atoms with Gasteiger partial charge in [-0.25, -0.2) is 4.39 Å². The number of aliphatic hydroxyl groups excluding tert-OH is 1. The van der Waals surface area contributed by atoms with Crippen LogP contribution in [0.4, 0.5) is 17.6 Å². The Kier molecular flexibility index (Phi) is 6.10. The lowest BCUT2D eigenvalue weighted by atomic mass is 9.91. The zero-order valence-corrected chi connectivity index (χ0v) is 16.9. The number of fused-ring (bicyclic) bond motifs is 1. The van der Waals surface area contributed by atoms with Gasteiger partial charge in [0, 0.05) is 22.9 Å². The first-order valence-electron chi connectivity index (χ1n) is 10.2. The fourth-order valence-corrected chi connectivity index (χ4v) is 3.86. The van der Waals surface area contributed by atoms with Crippen molar-refractivity contribution in [1.29, 1.82) is 0 Å². The second-order valence-electron chi connectivity index (χ2n) is 7.80. The SMILES string of the molecule is O=C(NC1CCC(O)CC1F)c1cc2cccc(-c3ccccc3OCC(F)(F)F)c2o1. The number of ether oxygens (including phenoxy) is 1. The van der Waals surface area contributed by atoms with Crippen molar-refractivity contribution in [1.82, 2.24) is 5.32 Å². The monoisotopic (exact) mass is 451 g/mol. The molecule has 2 aromatic carbocycles. The number of furan rings is 1. The van der Waals surface area contributed by atoms with Crippen LogP contribution in [0.2, 0.25) is 0 Å². The molecule has 3 atom stereocenters. The number of alkyl halides is 4. The standard InChI is InChI=1S/C23H21F4NO4/c24-17-11-14(29)8-9-18(17)28-22(30)20-10-13-4-3-6-16(21(13)32-20)15-5-1-2-7-19(15)31-12-23(25,26)27/h1-7,10,14,17-18,29H,8-9,11-12H2,(H,28,30). The second kappa shape index (κ2) is 8.82. The van der Waals surface area contributed by atoms with E-state index in [4.69, 9.17) is 9.15 Å². The molecule has 0 aliphatic heterocycles. The predicted octanol–water partition coefficient (Wildman–Crippen LogP) is 5.02. The number of hydrogen-bond acceptors (Lipinski definition) is 4. The molecule has 3 aromatic rings. The molecule has 0 saturated heterocycles. The lowest BCUT2D eigenvalue weighted by Gasteiger charge is -2.29. The van der Waals surface area contributed by atoms with Gasteiger partial charge < -0.3 is 19.6 Å². The largest absolute Gasteiger partial charge is 0.483 e. The molecule has 0 radical (unpaired) electrons. The number of rotatable bonds is 5. The molecular weight excluding hydrogens is 430 g/mol. The van der Waals surface area contributed by atoms with E-state index in [9.17, 15) is 27.5 Å². The molecule has 1 amide bonds. The van der Waals surface area contributed by atoms with Gasteiger partial charge in [-0.05, 0) is 25.0 Å². The Morgan fingerprint density at radius 3 is 2.62 bits per heavy atom. The molecule has 1 fully saturated rings. The minimum atomic E-state index is -4.49. The fourth-order valence-electron chi connectivity index (χ4n) is 3.86. The van der Waals surface area contributed by atoms with Gasteiger partial charge in [-0.1, -0.05) is 36.4 Å². The Labute approximate surface area is 181 Å². The van der Waals surface area contributed by atoms with Crippen LogP contribution < -0.4 is 10.1 Å². The van der Waals surface area contributed by atoms with Gasteiger partial charge >= 0.3 is 6.18 Å². The number of hydrogen-bond donors (Lipinski definition) is 2. The smallest absolute Gasteiger partial charge is 0.422 e. The maximum absolute atomic E-state index is 14.2. The molecule has 0 spiro atoms. The molecule has 1 heterocycles. The quantitative estimate of drug-likeness (QED) is 0.535. The first kappa shape index (κ1) is 22.1. The predicted molar refractivity (Wildman–Crippen MR) is 109 cm³/mol. The Balaban J connectivity index is 1.62. The van der Waals surface area contributed by atoms with Crippen LogP contribution >= 0.6 is 0 Å². The average Bonchev–Trinajstić information content (AvgIpc) is 3.18. The summed E-state index contributed by atoms with van der Waals surface area (Å²) in [7, 11) is 0. The van der Waals surface area contributed by atoms with Crippen LogP contribution in [-0.4, -0.2) is 42.1 Å². The summed E-state index contributed by atoms with van der Waals surface area (Å²) in [6, 6.07) is 12.1. The van der Waals surface area contributed by atoms with Crippen LogP contribution in [0, 0.1) is 0 Å². The average molecular weight is 451 g/mol. The summed E-state index contributed by atoms with van der Waals surface area (Å²) in [5, 5.41) is 12.7. The summed E-state index contributed by atoms with van der Waals surface area (Å²) in [5.74, 6) is -0.613.